The molecule has 0 saturated heterocycles. The Hall–Kier alpha value is -1.03. The van der Waals surface area contributed by atoms with E-state index in [-0.39, 0.29) is 4.90 Å². The lowest BCUT2D eigenvalue weighted by molar-refractivity contribution is 0.466. The number of hydrogen-bond acceptors (Lipinski definition) is 6. The third-order valence-electron chi connectivity index (χ3n) is 2.59. The van der Waals surface area contributed by atoms with E-state index in [0.717, 1.165) is 9.35 Å². The molecule has 0 radical (unpaired) electrons. The second kappa shape index (κ2) is 6.17. The minimum atomic E-state index is -3.58. The van der Waals surface area contributed by atoms with Crippen molar-refractivity contribution < 1.29 is 8.42 Å². The third kappa shape index (κ3) is 3.35. The lowest BCUT2D eigenvalue weighted by Crippen LogP contribution is -2.26. The highest BCUT2D eigenvalue weighted by atomic mass is 79.9. The summed E-state index contributed by atoms with van der Waals surface area (Å²) in [6.45, 7) is 0.304. The van der Waals surface area contributed by atoms with Gasteiger partial charge in [-0.15, -0.1) is 11.3 Å². The van der Waals surface area contributed by atoms with Crippen molar-refractivity contribution in [2.24, 2.45) is 0 Å². The number of thiophene rings is 1. The first-order chi connectivity index (χ1) is 9.43. The maximum Gasteiger partial charge on any atom is 0.246 e. The van der Waals surface area contributed by atoms with Gasteiger partial charge in [0.2, 0.25) is 16.0 Å². The van der Waals surface area contributed by atoms with E-state index >= 15 is 0 Å². The van der Waals surface area contributed by atoms with Crippen LogP contribution in [0.5, 0.6) is 0 Å². The Morgan fingerprint density at radius 2 is 2.05 bits per heavy atom. The first-order valence-electron chi connectivity index (χ1n) is 5.62. The van der Waals surface area contributed by atoms with E-state index < -0.39 is 10.0 Å². The van der Waals surface area contributed by atoms with Gasteiger partial charge in [0, 0.05) is 20.6 Å². The predicted molar refractivity (Wildman–Crippen MR) is 82.3 cm³/mol. The molecule has 0 aromatic carbocycles. The average molecular weight is 377 g/mol. The molecule has 0 aliphatic carbocycles. The van der Waals surface area contributed by atoms with Crippen LogP contribution in [0.25, 0.3) is 0 Å². The van der Waals surface area contributed by atoms with Gasteiger partial charge in [0.15, 0.2) is 0 Å². The smallest absolute Gasteiger partial charge is 0.246 e. The fourth-order valence-corrected chi connectivity index (χ4v) is 3.78. The van der Waals surface area contributed by atoms with Gasteiger partial charge in [-0.3, -0.25) is 0 Å². The molecule has 20 heavy (non-hydrogen) atoms. The molecule has 2 heterocycles. The van der Waals surface area contributed by atoms with Crippen molar-refractivity contribution in [1.29, 1.82) is 0 Å². The first kappa shape index (κ1) is 15.4. The second-order valence-electron chi connectivity index (χ2n) is 4.01. The molecule has 0 amide bonds. The normalized spacial score (nSPS) is 11.8. The standard InChI is InChI=1S/C11H13BrN4O2S2/c1-13-11-14-4-9(5-15-11)20(17,18)16(2)6-8-3-10(12)19-7-8/h3-5,7H,6H2,1-2H3,(H,13,14,15). The van der Waals surface area contributed by atoms with E-state index in [4.69, 9.17) is 0 Å². The van der Waals surface area contributed by atoms with E-state index in [9.17, 15) is 8.42 Å². The number of sulfonamides is 1. The monoisotopic (exact) mass is 376 g/mol. The zero-order chi connectivity index (χ0) is 14.8. The van der Waals surface area contributed by atoms with Gasteiger partial charge in [-0.2, -0.15) is 4.31 Å². The van der Waals surface area contributed by atoms with Crippen molar-refractivity contribution in [3.8, 4) is 0 Å². The van der Waals surface area contributed by atoms with Crippen LogP contribution in [0.3, 0.4) is 0 Å². The lowest BCUT2D eigenvalue weighted by atomic mass is 10.3. The summed E-state index contributed by atoms with van der Waals surface area (Å²) in [5, 5.41) is 4.66. The summed E-state index contributed by atoms with van der Waals surface area (Å²) in [7, 11) is -0.378. The van der Waals surface area contributed by atoms with Gasteiger partial charge in [0.1, 0.15) is 4.90 Å². The minimum Gasteiger partial charge on any atom is -0.357 e. The summed E-state index contributed by atoms with van der Waals surface area (Å²) in [4.78, 5) is 7.92. The van der Waals surface area contributed by atoms with E-state index in [1.165, 1.54) is 35.1 Å². The van der Waals surface area contributed by atoms with E-state index in [2.05, 4.69) is 31.2 Å². The van der Waals surface area contributed by atoms with Crippen molar-refractivity contribution in [3.05, 3.63) is 33.2 Å². The molecule has 6 nitrogen and oxygen atoms in total. The molecule has 0 fully saturated rings. The Morgan fingerprint density at radius 1 is 1.40 bits per heavy atom. The van der Waals surface area contributed by atoms with Crippen LogP contribution in [0.1, 0.15) is 5.56 Å². The number of anilines is 1. The Morgan fingerprint density at radius 3 is 2.55 bits per heavy atom. The quantitative estimate of drug-likeness (QED) is 0.865. The fourth-order valence-electron chi connectivity index (χ4n) is 1.53. The zero-order valence-electron chi connectivity index (χ0n) is 10.9. The highest BCUT2D eigenvalue weighted by Gasteiger charge is 2.22. The molecule has 9 heteroatoms. The number of halogens is 1. The van der Waals surface area contributed by atoms with Crippen LogP contribution in [-0.4, -0.2) is 36.8 Å². The molecule has 108 valence electrons. The van der Waals surface area contributed by atoms with Gasteiger partial charge >= 0.3 is 0 Å². The Kier molecular flexibility index (Phi) is 4.74. The molecular formula is C11H13BrN4O2S2. The van der Waals surface area contributed by atoms with Gasteiger partial charge in [-0.05, 0) is 32.9 Å². The highest BCUT2D eigenvalue weighted by molar-refractivity contribution is 9.11. The first-order valence-corrected chi connectivity index (χ1v) is 8.74. The molecule has 0 saturated carbocycles. The number of aromatic nitrogens is 2. The summed E-state index contributed by atoms with van der Waals surface area (Å²) in [6.07, 6.45) is 2.60. The van der Waals surface area contributed by atoms with Gasteiger partial charge in [0.25, 0.3) is 0 Å². The third-order valence-corrected chi connectivity index (χ3v) is 5.90. The molecule has 0 unspecified atom stereocenters. The number of hydrogen-bond donors (Lipinski definition) is 1. The number of nitrogens with zero attached hydrogens (tertiary/aromatic N) is 3. The van der Waals surface area contributed by atoms with E-state index in [1.54, 1.807) is 7.05 Å². The molecule has 2 aromatic rings. The predicted octanol–water partition coefficient (Wildman–Crippen LogP) is 2.16. The maximum absolute atomic E-state index is 12.4. The van der Waals surface area contributed by atoms with Crippen LogP contribution >= 0.6 is 27.3 Å². The van der Waals surface area contributed by atoms with Crippen LogP contribution in [0.4, 0.5) is 5.95 Å². The molecule has 1 N–H and O–H groups in total. The van der Waals surface area contributed by atoms with Gasteiger partial charge in [0.05, 0.1) is 16.2 Å². The summed E-state index contributed by atoms with van der Waals surface area (Å²) in [5.74, 6) is 0.383. The summed E-state index contributed by atoms with van der Waals surface area (Å²) < 4.78 is 27.0. The summed E-state index contributed by atoms with van der Waals surface area (Å²) in [6, 6.07) is 1.90. The van der Waals surface area contributed by atoms with Crippen LogP contribution in [0.2, 0.25) is 0 Å². The topological polar surface area (TPSA) is 75.2 Å². The van der Waals surface area contributed by atoms with Crippen molar-refractivity contribution in [1.82, 2.24) is 14.3 Å². The highest BCUT2D eigenvalue weighted by Crippen LogP contribution is 2.23. The molecule has 0 spiro atoms. The Balaban J connectivity index is 2.19. The van der Waals surface area contributed by atoms with Crippen molar-refractivity contribution in [3.63, 3.8) is 0 Å². The molecule has 0 aliphatic heterocycles. The van der Waals surface area contributed by atoms with Crippen LogP contribution < -0.4 is 5.32 Å². The number of rotatable bonds is 5. The van der Waals surface area contributed by atoms with Gasteiger partial charge in [-0.1, -0.05) is 0 Å². The molecule has 0 bridgehead atoms. The largest absolute Gasteiger partial charge is 0.357 e. The maximum atomic E-state index is 12.4. The van der Waals surface area contributed by atoms with Crippen LogP contribution in [0, 0.1) is 0 Å². The molecule has 2 rings (SSSR count). The average Bonchev–Trinajstić information content (AvgIpc) is 2.84. The van der Waals surface area contributed by atoms with Crippen molar-refractivity contribution in [2.75, 3.05) is 19.4 Å². The molecular weight excluding hydrogens is 364 g/mol. The SMILES string of the molecule is CNc1ncc(S(=O)(=O)N(C)Cc2csc(Br)c2)cn1. The summed E-state index contributed by atoms with van der Waals surface area (Å²) in [5.41, 5.74) is 0.931. The van der Waals surface area contributed by atoms with Crippen molar-refractivity contribution in [2.45, 2.75) is 11.4 Å². The van der Waals surface area contributed by atoms with Gasteiger partial charge in [-0.25, -0.2) is 18.4 Å². The summed E-state index contributed by atoms with van der Waals surface area (Å²) >= 11 is 4.88. The molecule has 0 atom stereocenters. The lowest BCUT2D eigenvalue weighted by Gasteiger charge is -2.16. The number of nitrogens with one attached hydrogen (secondary N) is 1. The van der Waals surface area contributed by atoms with Crippen molar-refractivity contribution >= 4 is 43.2 Å². The van der Waals surface area contributed by atoms with Gasteiger partial charge < -0.3 is 5.32 Å². The zero-order valence-corrected chi connectivity index (χ0v) is 14.1. The van der Waals surface area contributed by atoms with E-state index in [0.29, 0.717) is 12.5 Å². The second-order valence-corrected chi connectivity index (χ2v) is 8.35. The minimum absolute atomic E-state index is 0.0771. The van der Waals surface area contributed by atoms with Crippen LogP contribution in [-0.2, 0) is 16.6 Å². The Labute approximate surface area is 130 Å². The van der Waals surface area contributed by atoms with E-state index in [1.807, 2.05) is 11.4 Å². The molecule has 0 aliphatic rings. The fraction of sp³-hybridized carbons (Fsp3) is 0.273. The Bertz CT molecular complexity index is 685. The van der Waals surface area contributed by atoms with Crippen LogP contribution in [0.15, 0.2) is 32.5 Å². The molecule has 2 aromatic heterocycles.